The van der Waals surface area contributed by atoms with Crippen LogP contribution < -0.4 is 9.47 Å². The summed E-state index contributed by atoms with van der Waals surface area (Å²) >= 11 is 0. The molecular formula is C19H30N2O2. The van der Waals surface area contributed by atoms with E-state index in [4.69, 9.17) is 9.47 Å². The fourth-order valence-electron chi connectivity index (χ4n) is 3.98. The average Bonchev–Trinajstić information content (AvgIpc) is 2.61. The summed E-state index contributed by atoms with van der Waals surface area (Å²) in [6.45, 7) is 8.76. The Morgan fingerprint density at radius 1 is 0.957 bits per heavy atom. The molecule has 1 fully saturated rings. The van der Waals surface area contributed by atoms with Crippen LogP contribution in [0.1, 0.15) is 42.9 Å². The fourth-order valence-corrected chi connectivity index (χ4v) is 3.98. The second-order valence-corrected chi connectivity index (χ2v) is 6.68. The summed E-state index contributed by atoms with van der Waals surface area (Å²) in [5, 5.41) is 0. The Labute approximate surface area is 140 Å². The lowest BCUT2D eigenvalue weighted by molar-refractivity contribution is 0.216. The molecule has 0 radical (unpaired) electrons. The molecule has 2 aliphatic rings. The minimum absolute atomic E-state index is 0.968. The van der Waals surface area contributed by atoms with Gasteiger partial charge in [-0.3, -0.25) is 9.80 Å². The zero-order chi connectivity index (χ0) is 16.2. The lowest BCUT2D eigenvalue weighted by Gasteiger charge is -2.32. The van der Waals surface area contributed by atoms with Crippen molar-refractivity contribution in [1.82, 2.24) is 9.80 Å². The molecule has 0 atom stereocenters. The zero-order valence-corrected chi connectivity index (χ0v) is 14.9. The van der Waals surface area contributed by atoms with Crippen molar-refractivity contribution < 1.29 is 9.47 Å². The molecule has 0 aliphatic carbocycles. The van der Waals surface area contributed by atoms with Crippen LogP contribution in [0.15, 0.2) is 6.07 Å². The van der Waals surface area contributed by atoms with Crippen LogP contribution in [-0.4, -0.2) is 50.2 Å². The summed E-state index contributed by atoms with van der Waals surface area (Å²) in [5.74, 6) is 2.13. The first kappa shape index (κ1) is 16.6. The molecule has 3 rings (SSSR count). The topological polar surface area (TPSA) is 24.9 Å². The SMILES string of the molecule is CCN1CCc2c(c(OC)cc(CN3CCCCC3)c2OC)C1. The predicted molar refractivity (Wildman–Crippen MR) is 93.3 cm³/mol. The molecular weight excluding hydrogens is 288 g/mol. The summed E-state index contributed by atoms with van der Waals surface area (Å²) in [6, 6.07) is 2.21. The van der Waals surface area contributed by atoms with Gasteiger partial charge in [-0.05, 0) is 45.0 Å². The Balaban J connectivity index is 1.93. The molecule has 1 aromatic rings. The van der Waals surface area contributed by atoms with Crippen LogP contribution in [0.3, 0.4) is 0 Å². The van der Waals surface area contributed by atoms with Gasteiger partial charge in [0.1, 0.15) is 11.5 Å². The van der Waals surface area contributed by atoms with Gasteiger partial charge in [-0.1, -0.05) is 13.3 Å². The molecule has 2 aliphatic heterocycles. The van der Waals surface area contributed by atoms with E-state index in [1.165, 1.54) is 49.0 Å². The van der Waals surface area contributed by atoms with Crippen LogP contribution in [0, 0.1) is 0 Å². The maximum absolute atomic E-state index is 5.85. The number of fused-ring (bicyclic) bond motifs is 1. The standard InChI is InChI=1S/C19H30N2O2/c1-4-20-11-8-16-17(14-20)18(22-2)12-15(19(16)23-3)13-21-9-6-5-7-10-21/h12H,4-11,13-14H2,1-3H3. The number of piperidine rings is 1. The highest BCUT2D eigenvalue weighted by Gasteiger charge is 2.25. The Kier molecular flexibility index (Phi) is 5.44. The Hall–Kier alpha value is -1.26. The van der Waals surface area contributed by atoms with Crippen molar-refractivity contribution in [3.8, 4) is 11.5 Å². The van der Waals surface area contributed by atoms with Crippen LogP contribution in [0.4, 0.5) is 0 Å². The molecule has 0 bridgehead atoms. The summed E-state index contributed by atoms with van der Waals surface area (Å²) < 4.78 is 11.6. The minimum Gasteiger partial charge on any atom is -0.496 e. The highest BCUT2D eigenvalue weighted by Crippen LogP contribution is 2.38. The quantitative estimate of drug-likeness (QED) is 0.833. The number of hydrogen-bond donors (Lipinski definition) is 0. The third kappa shape index (κ3) is 3.48. The van der Waals surface area contributed by atoms with Crippen molar-refractivity contribution in [1.29, 1.82) is 0 Å². The monoisotopic (exact) mass is 318 g/mol. The largest absolute Gasteiger partial charge is 0.496 e. The highest BCUT2D eigenvalue weighted by molar-refractivity contribution is 5.55. The van der Waals surface area contributed by atoms with Crippen LogP contribution in [0.2, 0.25) is 0 Å². The number of hydrogen-bond acceptors (Lipinski definition) is 4. The van der Waals surface area contributed by atoms with Gasteiger partial charge in [0.05, 0.1) is 14.2 Å². The molecule has 2 heterocycles. The van der Waals surface area contributed by atoms with E-state index in [1.807, 2.05) is 7.11 Å². The van der Waals surface area contributed by atoms with E-state index in [9.17, 15) is 0 Å². The molecule has 0 saturated carbocycles. The lowest BCUT2D eigenvalue weighted by Crippen LogP contribution is -2.32. The van der Waals surface area contributed by atoms with Crippen molar-refractivity contribution in [2.45, 2.75) is 45.7 Å². The van der Waals surface area contributed by atoms with Crippen LogP contribution in [-0.2, 0) is 19.5 Å². The van der Waals surface area contributed by atoms with Crippen LogP contribution >= 0.6 is 0 Å². The van der Waals surface area contributed by atoms with E-state index in [2.05, 4.69) is 22.8 Å². The van der Waals surface area contributed by atoms with E-state index < -0.39 is 0 Å². The van der Waals surface area contributed by atoms with Crippen molar-refractivity contribution in [2.75, 3.05) is 40.4 Å². The molecule has 23 heavy (non-hydrogen) atoms. The molecule has 0 unspecified atom stereocenters. The number of methoxy groups -OCH3 is 2. The second kappa shape index (κ2) is 7.54. The van der Waals surface area contributed by atoms with Crippen LogP contribution in [0.25, 0.3) is 0 Å². The van der Waals surface area contributed by atoms with Gasteiger partial charge in [0.2, 0.25) is 0 Å². The van der Waals surface area contributed by atoms with Crippen molar-refractivity contribution >= 4 is 0 Å². The summed E-state index contributed by atoms with van der Waals surface area (Å²) in [7, 11) is 3.60. The molecule has 128 valence electrons. The van der Waals surface area contributed by atoms with Gasteiger partial charge in [0.25, 0.3) is 0 Å². The molecule has 4 nitrogen and oxygen atoms in total. The average molecular weight is 318 g/mol. The normalized spacial score (nSPS) is 19.4. The highest BCUT2D eigenvalue weighted by atomic mass is 16.5. The van der Waals surface area contributed by atoms with Gasteiger partial charge in [-0.2, -0.15) is 0 Å². The second-order valence-electron chi connectivity index (χ2n) is 6.68. The first-order valence-electron chi connectivity index (χ1n) is 8.97. The van der Waals surface area contributed by atoms with E-state index in [-0.39, 0.29) is 0 Å². The molecule has 1 aromatic carbocycles. The van der Waals surface area contributed by atoms with Crippen molar-refractivity contribution in [3.63, 3.8) is 0 Å². The fraction of sp³-hybridized carbons (Fsp3) is 0.684. The lowest BCUT2D eigenvalue weighted by atomic mass is 9.94. The summed E-state index contributed by atoms with van der Waals surface area (Å²) in [5.41, 5.74) is 3.97. The first-order chi connectivity index (χ1) is 11.3. The van der Waals surface area contributed by atoms with Gasteiger partial charge in [0, 0.05) is 36.3 Å². The molecule has 0 spiro atoms. The van der Waals surface area contributed by atoms with Gasteiger partial charge in [-0.25, -0.2) is 0 Å². The number of nitrogens with zero attached hydrogens (tertiary/aromatic N) is 2. The van der Waals surface area contributed by atoms with Crippen LogP contribution in [0.5, 0.6) is 11.5 Å². The van der Waals surface area contributed by atoms with E-state index in [0.717, 1.165) is 44.1 Å². The Morgan fingerprint density at radius 2 is 1.74 bits per heavy atom. The van der Waals surface area contributed by atoms with Crippen molar-refractivity contribution in [2.24, 2.45) is 0 Å². The van der Waals surface area contributed by atoms with Gasteiger partial charge >= 0.3 is 0 Å². The summed E-state index contributed by atoms with van der Waals surface area (Å²) in [4.78, 5) is 5.02. The van der Waals surface area contributed by atoms with Gasteiger partial charge in [-0.15, -0.1) is 0 Å². The molecule has 0 N–H and O–H groups in total. The summed E-state index contributed by atoms with van der Waals surface area (Å²) in [6.07, 6.45) is 5.05. The molecule has 0 amide bonds. The maximum Gasteiger partial charge on any atom is 0.127 e. The smallest absolute Gasteiger partial charge is 0.127 e. The minimum atomic E-state index is 0.968. The van der Waals surface area contributed by atoms with Gasteiger partial charge in [0.15, 0.2) is 0 Å². The van der Waals surface area contributed by atoms with E-state index >= 15 is 0 Å². The van der Waals surface area contributed by atoms with Crippen molar-refractivity contribution in [3.05, 3.63) is 22.8 Å². The molecule has 1 saturated heterocycles. The van der Waals surface area contributed by atoms with Gasteiger partial charge < -0.3 is 9.47 Å². The number of likely N-dealkylation sites (tertiary alicyclic amines) is 1. The molecule has 4 heteroatoms. The maximum atomic E-state index is 5.85. The van der Waals surface area contributed by atoms with E-state index in [0.29, 0.717) is 0 Å². The zero-order valence-electron chi connectivity index (χ0n) is 14.9. The third-order valence-electron chi connectivity index (χ3n) is 5.31. The third-order valence-corrected chi connectivity index (χ3v) is 5.31. The van der Waals surface area contributed by atoms with E-state index in [1.54, 1.807) is 7.11 Å². The number of benzene rings is 1. The Morgan fingerprint density at radius 3 is 2.39 bits per heavy atom. The number of rotatable bonds is 5. The number of ether oxygens (including phenoxy) is 2. The molecule has 0 aromatic heterocycles. The predicted octanol–water partition coefficient (Wildman–Crippen LogP) is 3.07. The number of likely N-dealkylation sites (N-methyl/N-ethyl adjacent to an activating group) is 1. The Bertz CT molecular complexity index is 539. The first-order valence-corrected chi connectivity index (χ1v) is 8.97.